The molecule has 6 heteroatoms. The lowest BCUT2D eigenvalue weighted by atomic mass is 9.83. The molecule has 116 valence electrons. The van der Waals surface area contributed by atoms with Crippen LogP contribution in [0.15, 0.2) is 23.6 Å². The van der Waals surface area contributed by atoms with Gasteiger partial charge in [0.15, 0.2) is 5.16 Å². The topological polar surface area (TPSA) is 80.9 Å². The van der Waals surface area contributed by atoms with Gasteiger partial charge in [-0.2, -0.15) is 0 Å². The molecule has 0 aliphatic heterocycles. The first-order valence-electron chi connectivity index (χ1n) is 7.52. The number of aromatic nitrogens is 2. The Bertz CT molecular complexity index is 468. The Morgan fingerprint density at radius 1 is 1.52 bits per heavy atom. The summed E-state index contributed by atoms with van der Waals surface area (Å²) in [5, 5.41) is 4.23. The van der Waals surface area contributed by atoms with Crippen LogP contribution in [0.4, 0.5) is 0 Å². The molecule has 0 bridgehead atoms. The zero-order valence-corrected chi connectivity index (χ0v) is 13.5. The summed E-state index contributed by atoms with van der Waals surface area (Å²) in [6.07, 6.45) is 7.40. The number of hydrogen-bond donors (Lipinski definition) is 2. The first-order chi connectivity index (χ1) is 10.0. The molecule has 2 unspecified atom stereocenters. The minimum atomic E-state index is -0.535. The van der Waals surface area contributed by atoms with Crippen LogP contribution in [0.5, 0.6) is 0 Å². The molecule has 0 radical (unpaired) electrons. The van der Waals surface area contributed by atoms with Gasteiger partial charge >= 0.3 is 0 Å². The lowest BCUT2D eigenvalue weighted by Crippen LogP contribution is -2.60. The maximum atomic E-state index is 12.0. The number of nitrogens with two attached hydrogens (primary N) is 1. The minimum absolute atomic E-state index is 0.209. The number of nitrogens with zero attached hydrogens (tertiary/aromatic N) is 2. The molecule has 1 fully saturated rings. The third-order valence-electron chi connectivity index (χ3n) is 4.05. The molecule has 0 saturated heterocycles. The number of carbonyl (C=O) groups excluding carboxylic acids is 1. The van der Waals surface area contributed by atoms with E-state index in [2.05, 4.69) is 29.1 Å². The Hall–Kier alpha value is -1.14. The van der Waals surface area contributed by atoms with Crippen LogP contribution in [0.25, 0.3) is 0 Å². The molecule has 1 amide bonds. The Balaban J connectivity index is 1.95. The van der Waals surface area contributed by atoms with Crippen LogP contribution < -0.4 is 11.1 Å². The fourth-order valence-corrected chi connectivity index (χ4v) is 4.08. The molecule has 21 heavy (non-hydrogen) atoms. The standard InChI is InChI=1S/C15H24N4OS/c1-11(2)19-15(13(16)20)7-3-5-12(15)6-10-21-14-17-8-4-9-18-14/h4,8-9,11-12,19H,3,5-7,10H2,1-2H3,(H2,16,20). The zero-order chi connectivity index (χ0) is 15.3. The van der Waals surface area contributed by atoms with E-state index >= 15 is 0 Å². The van der Waals surface area contributed by atoms with Crippen molar-refractivity contribution in [3.05, 3.63) is 18.5 Å². The summed E-state index contributed by atoms with van der Waals surface area (Å²) >= 11 is 1.64. The summed E-state index contributed by atoms with van der Waals surface area (Å²) in [5.74, 6) is 0.997. The van der Waals surface area contributed by atoms with Gasteiger partial charge in [-0.1, -0.05) is 18.2 Å². The van der Waals surface area contributed by atoms with Crippen LogP contribution in [0.2, 0.25) is 0 Å². The molecule has 1 aromatic rings. The second-order valence-corrected chi connectivity index (χ2v) is 6.95. The monoisotopic (exact) mass is 308 g/mol. The summed E-state index contributed by atoms with van der Waals surface area (Å²) < 4.78 is 0. The van der Waals surface area contributed by atoms with Crippen molar-refractivity contribution in [3.8, 4) is 0 Å². The minimum Gasteiger partial charge on any atom is -0.368 e. The van der Waals surface area contributed by atoms with Crippen LogP contribution in [-0.2, 0) is 4.79 Å². The molecule has 0 spiro atoms. The van der Waals surface area contributed by atoms with Crippen LogP contribution in [0, 0.1) is 5.92 Å². The number of primary amides is 1. The van der Waals surface area contributed by atoms with E-state index in [0.29, 0.717) is 5.92 Å². The van der Waals surface area contributed by atoms with Crippen molar-refractivity contribution in [1.82, 2.24) is 15.3 Å². The van der Waals surface area contributed by atoms with Crippen molar-refractivity contribution in [3.63, 3.8) is 0 Å². The van der Waals surface area contributed by atoms with Gasteiger partial charge in [0, 0.05) is 24.2 Å². The van der Waals surface area contributed by atoms with Gasteiger partial charge in [0.1, 0.15) is 5.54 Å². The SMILES string of the molecule is CC(C)NC1(C(N)=O)CCCC1CCSc1ncccn1. The maximum absolute atomic E-state index is 12.0. The number of amides is 1. The van der Waals surface area contributed by atoms with Crippen molar-refractivity contribution in [2.24, 2.45) is 11.7 Å². The Kier molecular flexibility index (Phi) is 5.58. The highest BCUT2D eigenvalue weighted by molar-refractivity contribution is 7.99. The Labute approximate surface area is 130 Å². The van der Waals surface area contributed by atoms with Crippen molar-refractivity contribution < 1.29 is 4.79 Å². The lowest BCUT2D eigenvalue weighted by molar-refractivity contribution is -0.126. The molecule has 2 atom stereocenters. The predicted octanol–water partition coefficient (Wildman–Crippen LogP) is 1.98. The first kappa shape index (κ1) is 16.2. The summed E-state index contributed by atoms with van der Waals surface area (Å²) in [5.41, 5.74) is 5.19. The van der Waals surface area contributed by atoms with Gasteiger partial charge in [-0.3, -0.25) is 4.79 Å². The lowest BCUT2D eigenvalue weighted by Gasteiger charge is -2.35. The fraction of sp³-hybridized carbons (Fsp3) is 0.667. The summed E-state index contributed by atoms with van der Waals surface area (Å²) in [4.78, 5) is 20.4. The van der Waals surface area contributed by atoms with E-state index in [1.165, 1.54) is 0 Å². The molecule has 3 N–H and O–H groups in total. The van der Waals surface area contributed by atoms with E-state index in [4.69, 9.17) is 5.73 Å². The molecule has 5 nitrogen and oxygen atoms in total. The van der Waals surface area contributed by atoms with Gasteiger partial charge in [0.2, 0.25) is 5.91 Å². The summed E-state index contributed by atoms with van der Waals surface area (Å²) in [6.45, 7) is 4.12. The average Bonchev–Trinajstić information content (AvgIpc) is 2.83. The highest BCUT2D eigenvalue weighted by atomic mass is 32.2. The third kappa shape index (κ3) is 3.95. The van der Waals surface area contributed by atoms with Gasteiger partial charge in [-0.05, 0) is 45.1 Å². The van der Waals surface area contributed by atoms with Crippen LogP contribution >= 0.6 is 11.8 Å². The fourth-order valence-electron chi connectivity index (χ4n) is 3.22. The maximum Gasteiger partial charge on any atom is 0.238 e. The normalized spacial score (nSPS) is 25.4. The van der Waals surface area contributed by atoms with Gasteiger partial charge in [0.05, 0.1) is 0 Å². The van der Waals surface area contributed by atoms with Gasteiger partial charge < -0.3 is 11.1 Å². The molecule has 1 heterocycles. The molecule has 1 saturated carbocycles. The van der Waals surface area contributed by atoms with Crippen molar-refractivity contribution in [2.75, 3.05) is 5.75 Å². The van der Waals surface area contributed by atoms with Crippen LogP contribution in [-0.4, -0.2) is 33.2 Å². The van der Waals surface area contributed by atoms with E-state index in [1.807, 2.05) is 6.07 Å². The molecular weight excluding hydrogens is 284 g/mol. The molecule has 1 aromatic heterocycles. The van der Waals surface area contributed by atoms with E-state index in [0.717, 1.165) is 36.6 Å². The van der Waals surface area contributed by atoms with Crippen molar-refractivity contribution in [1.29, 1.82) is 0 Å². The van der Waals surface area contributed by atoms with Gasteiger partial charge in [-0.25, -0.2) is 9.97 Å². The van der Waals surface area contributed by atoms with Crippen LogP contribution in [0.3, 0.4) is 0 Å². The van der Waals surface area contributed by atoms with E-state index in [-0.39, 0.29) is 11.9 Å². The molecular formula is C15H24N4OS. The quantitative estimate of drug-likeness (QED) is 0.594. The molecule has 0 aromatic carbocycles. The smallest absolute Gasteiger partial charge is 0.238 e. The Morgan fingerprint density at radius 2 is 2.24 bits per heavy atom. The van der Waals surface area contributed by atoms with Gasteiger partial charge in [-0.15, -0.1) is 0 Å². The van der Waals surface area contributed by atoms with Crippen molar-refractivity contribution in [2.45, 2.75) is 56.3 Å². The number of hydrogen-bond acceptors (Lipinski definition) is 5. The average molecular weight is 308 g/mol. The number of rotatable bonds is 7. The van der Waals surface area contributed by atoms with Crippen molar-refractivity contribution >= 4 is 17.7 Å². The number of nitrogens with one attached hydrogen (secondary N) is 1. The third-order valence-corrected chi connectivity index (χ3v) is 4.95. The molecule has 1 aliphatic carbocycles. The van der Waals surface area contributed by atoms with E-state index in [1.54, 1.807) is 24.2 Å². The summed E-state index contributed by atoms with van der Waals surface area (Å²) in [7, 11) is 0. The summed E-state index contributed by atoms with van der Waals surface area (Å²) in [6, 6.07) is 2.06. The second-order valence-electron chi connectivity index (χ2n) is 5.89. The highest BCUT2D eigenvalue weighted by Gasteiger charge is 2.47. The molecule has 2 rings (SSSR count). The molecule has 1 aliphatic rings. The first-order valence-corrected chi connectivity index (χ1v) is 8.50. The van der Waals surface area contributed by atoms with E-state index < -0.39 is 5.54 Å². The van der Waals surface area contributed by atoms with Gasteiger partial charge in [0.25, 0.3) is 0 Å². The number of carbonyl (C=O) groups is 1. The second kappa shape index (κ2) is 7.22. The Morgan fingerprint density at radius 3 is 2.86 bits per heavy atom. The largest absolute Gasteiger partial charge is 0.368 e. The predicted molar refractivity (Wildman–Crippen MR) is 84.9 cm³/mol. The number of thioether (sulfide) groups is 1. The highest BCUT2D eigenvalue weighted by Crippen LogP contribution is 2.39. The zero-order valence-electron chi connectivity index (χ0n) is 12.7. The van der Waals surface area contributed by atoms with Crippen LogP contribution in [0.1, 0.15) is 39.5 Å². The van der Waals surface area contributed by atoms with E-state index in [9.17, 15) is 4.79 Å².